The molecule has 0 aliphatic carbocycles. The monoisotopic (exact) mass is 651 g/mol. The summed E-state index contributed by atoms with van der Waals surface area (Å²) >= 11 is 1.37. The number of carbonyl (C=O) groups excluding carboxylic acids is 1. The van der Waals surface area contributed by atoms with Crippen molar-refractivity contribution in [3.05, 3.63) is 149 Å². The Morgan fingerprint density at radius 2 is 1.43 bits per heavy atom. The van der Waals surface area contributed by atoms with E-state index in [0.717, 1.165) is 22.3 Å². The fraction of sp³-hybridized carbons (Fsp3) is 0.216. The minimum Gasteiger partial charge on any atom is -0.468 e. The van der Waals surface area contributed by atoms with Crippen molar-refractivity contribution in [2.24, 2.45) is 5.16 Å². The van der Waals surface area contributed by atoms with Crippen LogP contribution in [0.3, 0.4) is 0 Å². The Kier molecular flexibility index (Phi) is 12.1. The summed E-state index contributed by atoms with van der Waals surface area (Å²) in [6.45, 7) is 3.13. The van der Waals surface area contributed by atoms with Gasteiger partial charge in [0.2, 0.25) is 5.71 Å². The van der Waals surface area contributed by atoms with E-state index >= 15 is 0 Å². The Bertz CT molecular complexity index is 1600. The van der Waals surface area contributed by atoms with E-state index in [2.05, 4.69) is 46.9 Å². The van der Waals surface area contributed by atoms with Gasteiger partial charge in [-0.05, 0) is 41.3 Å². The number of nitrogens with zero attached hydrogens (tertiary/aromatic N) is 2. The lowest BCUT2D eigenvalue weighted by atomic mass is 9.77. The van der Waals surface area contributed by atoms with Crippen molar-refractivity contribution in [2.45, 2.75) is 19.1 Å². The molecule has 0 atom stereocenters. The van der Waals surface area contributed by atoms with Crippen molar-refractivity contribution in [3.8, 4) is 5.75 Å². The SMILES string of the molecule is CCOC(=O)/C(=N/OCc1ccc(OCOCCOC)cc1)c1csc(NC(c2ccccc2)(c2ccccc2)c2ccccc2)n1. The quantitative estimate of drug-likeness (QED) is 0.0286. The molecule has 0 aliphatic heterocycles. The van der Waals surface area contributed by atoms with Crippen molar-refractivity contribution in [2.75, 3.05) is 39.0 Å². The molecule has 5 aromatic rings. The number of anilines is 1. The zero-order chi connectivity index (χ0) is 32.7. The summed E-state index contributed by atoms with van der Waals surface area (Å²) in [4.78, 5) is 23.5. The molecule has 9 nitrogen and oxygen atoms in total. The molecule has 0 saturated carbocycles. The van der Waals surface area contributed by atoms with E-state index in [1.54, 1.807) is 19.4 Å². The third-order valence-corrected chi connectivity index (χ3v) is 7.94. The van der Waals surface area contributed by atoms with Gasteiger partial charge in [0.1, 0.15) is 23.6 Å². The predicted octanol–water partition coefficient (Wildman–Crippen LogP) is 7.03. The molecule has 0 amide bonds. The second-order valence-corrected chi connectivity index (χ2v) is 11.1. The molecule has 1 heterocycles. The molecule has 1 N–H and O–H groups in total. The maximum Gasteiger partial charge on any atom is 0.362 e. The van der Waals surface area contributed by atoms with Gasteiger partial charge in [0.25, 0.3) is 0 Å². The first-order valence-electron chi connectivity index (χ1n) is 15.2. The fourth-order valence-electron chi connectivity index (χ4n) is 4.93. The summed E-state index contributed by atoms with van der Waals surface area (Å²) < 4.78 is 21.2. The van der Waals surface area contributed by atoms with Crippen molar-refractivity contribution < 1.29 is 28.6 Å². The van der Waals surface area contributed by atoms with Crippen molar-refractivity contribution in [3.63, 3.8) is 0 Å². The first-order valence-corrected chi connectivity index (χ1v) is 16.1. The molecule has 0 aliphatic rings. The summed E-state index contributed by atoms with van der Waals surface area (Å²) in [5.74, 6) is 0.0315. The van der Waals surface area contributed by atoms with Crippen LogP contribution in [0.25, 0.3) is 0 Å². The summed E-state index contributed by atoms with van der Waals surface area (Å²) in [6.07, 6.45) is 0. The number of hydrogen-bond acceptors (Lipinski definition) is 10. The Labute approximate surface area is 278 Å². The normalized spacial score (nSPS) is 11.6. The standard InChI is InChI=1S/C37H37N3O6S/c1-3-44-35(41)34(40-46-25-28-19-21-32(22-20-28)45-27-43-24-23-42-2)33-26-47-36(38-33)39-37(29-13-7-4-8-14-29,30-15-9-5-10-16-30)31-17-11-6-12-18-31/h4-22,26H,3,23-25,27H2,1-2H3,(H,38,39)/b40-34+. The third kappa shape index (κ3) is 8.62. The van der Waals surface area contributed by atoms with Crippen molar-refractivity contribution in [1.82, 2.24) is 4.98 Å². The summed E-state index contributed by atoms with van der Waals surface area (Å²) in [5, 5.41) is 10.3. The second kappa shape index (κ2) is 17.0. The predicted molar refractivity (Wildman–Crippen MR) is 183 cm³/mol. The maximum absolute atomic E-state index is 13.0. The molecule has 0 radical (unpaired) electrons. The van der Waals surface area contributed by atoms with Gasteiger partial charge in [-0.2, -0.15) is 0 Å². The van der Waals surface area contributed by atoms with Gasteiger partial charge < -0.3 is 29.1 Å². The van der Waals surface area contributed by atoms with Gasteiger partial charge in [-0.3, -0.25) is 0 Å². The number of oxime groups is 1. The fourth-order valence-corrected chi connectivity index (χ4v) is 5.68. The minimum atomic E-state index is -0.775. The van der Waals surface area contributed by atoms with Crippen LogP contribution in [-0.4, -0.2) is 50.4 Å². The molecule has 242 valence electrons. The lowest BCUT2D eigenvalue weighted by Crippen LogP contribution is -2.38. The van der Waals surface area contributed by atoms with Crippen LogP contribution in [0.1, 0.15) is 34.9 Å². The lowest BCUT2D eigenvalue weighted by Gasteiger charge is -2.36. The highest BCUT2D eigenvalue weighted by atomic mass is 32.1. The average molecular weight is 652 g/mol. The highest BCUT2D eigenvalue weighted by molar-refractivity contribution is 7.14. The second-order valence-electron chi connectivity index (χ2n) is 10.3. The number of ether oxygens (including phenoxy) is 4. The van der Waals surface area contributed by atoms with E-state index < -0.39 is 11.5 Å². The number of esters is 1. The van der Waals surface area contributed by atoms with Gasteiger partial charge in [0.15, 0.2) is 11.9 Å². The molecular weight excluding hydrogens is 614 g/mol. The van der Waals surface area contributed by atoms with Gasteiger partial charge >= 0.3 is 5.97 Å². The molecule has 0 spiro atoms. The van der Waals surface area contributed by atoms with Crippen LogP contribution in [0.4, 0.5) is 5.13 Å². The van der Waals surface area contributed by atoms with Crippen LogP contribution in [-0.2, 0) is 36.0 Å². The van der Waals surface area contributed by atoms with Crippen LogP contribution < -0.4 is 10.1 Å². The minimum absolute atomic E-state index is 0.0194. The number of rotatable bonds is 17. The van der Waals surface area contributed by atoms with E-state index in [1.165, 1.54) is 11.3 Å². The Morgan fingerprint density at radius 3 is 1.98 bits per heavy atom. The molecule has 4 aromatic carbocycles. The number of hydrogen-bond donors (Lipinski definition) is 1. The van der Waals surface area contributed by atoms with E-state index in [-0.39, 0.29) is 25.7 Å². The number of nitrogens with one attached hydrogen (secondary N) is 1. The molecular formula is C37H37N3O6S. The average Bonchev–Trinajstić information content (AvgIpc) is 3.58. The zero-order valence-electron chi connectivity index (χ0n) is 26.3. The number of carbonyl (C=O) groups is 1. The maximum atomic E-state index is 13.0. The first-order chi connectivity index (χ1) is 23.1. The molecule has 47 heavy (non-hydrogen) atoms. The van der Waals surface area contributed by atoms with Gasteiger partial charge in [-0.25, -0.2) is 9.78 Å². The molecule has 1 aromatic heterocycles. The van der Waals surface area contributed by atoms with E-state index in [0.29, 0.717) is 29.8 Å². The van der Waals surface area contributed by atoms with Crippen LogP contribution in [0.15, 0.2) is 126 Å². The molecule has 0 fully saturated rings. The molecule has 5 rings (SSSR count). The van der Waals surface area contributed by atoms with E-state index in [1.807, 2.05) is 78.9 Å². The number of thiazole rings is 1. The van der Waals surface area contributed by atoms with Gasteiger partial charge in [0.05, 0.1) is 19.8 Å². The molecule has 0 unspecified atom stereocenters. The van der Waals surface area contributed by atoms with Crippen molar-refractivity contribution >= 4 is 28.1 Å². The van der Waals surface area contributed by atoms with Crippen LogP contribution in [0, 0.1) is 0 Å². The number of aromatic nitrogens is 1. The Hall–Kier alpha value is -5.03. The van der Waals surface area contributed by atoms with Gasteiger partial charge in [-0.15, -0.1) is 11.3 Å². The zero-order valence-corrected chi connectivity index (χ0v) is 27.2. The smallest absolute Gasteiger partial charge is 0.362 e. The Morgan fingerprint density at radius 1 is 0.830 bits per heavy atom. The first kappa shape index (κ1) is 33.3. The van der Waals surface area contributed by atoms with Crippen molar-refractivity contribution in [1.29, 1.82) is 0 Å². The van der Waals surface area contributed by atoms with Gasteiger partial charge in [0, 0.05) is 12.5 Å². The van der Waals surface area contributed by atoms with Crippen LogP contribution in [0.2, 0.25) is 0 Å². The number of benzene rings is 4. The lowest BCUT2D eigenvalue weighted by molar-refractivity contribution is -0.135. The largest absolute Gasteiger partial charge is 0.468 e. The summed E-state index contributed by atoms with van der Waals surface area (Å²) in [5.41, 5.74) is 3.49. The highest BCUT2D eigenvalue weighted by Gasteiger charge is 2.37. The summed E-state index contributed by atoms with van der Waals surface area (Å²) in [7, 11) is 1.62. The van der Waals surface area contributed by atoms with Crippen LogP contribution >= 0.6 is 11.3 Å². The molecule has 0 bridgehead atoms. The molecule has 0 saturated heterocycles. The van der Waals surface area contributed by atoms with E-state index in [9.17, 15) is 4.79 Å². The Balaban J connectivity index is 1.38. The topological polar surface area (TPSA) is 101 Å². The van der Waals surface area contributed by atoms with E-state index in [4.69, 9.17) is 28.8 Å². The summed E-state index contributed by atoms with van der Waals surface area (Å²) in [6, 6.07) is 38.0. The number of methoxy groups -OCH3 is 1. The van der Waals surface area contributed by atoms with Gasteiger partial charge in [-0.1, -0.05) is 108 Å². The molecule has 10 heteroatoms. The third-order valence-electron chi connectivity index (χ3n) is 7.18. The highest BCUT2D eigenvalue weighted by Crippen LogP contribution is 2.40. The van der Waals surface area contributed by atoms with Crippen LogP contribution in [0.5, 0.6) is 5.75 Å².